The molecule has 136 valence electrons. The first-order valence-corrected chi connectivity index (χ1v) is 9.63. The minimum absolute atomic E-state index is 0.147. The number of imidazole rings is 1. The Labute approximate surface area is 148 Å². The molecule has 0 N–H and O–H groups in total. The van der Waals surface area contributed by atoms with Gasteiger partial charge < -0.3 is 14.2 Å². The maximum Gasteiger partial charge on any atom is 0.307 e. The van der Waals surface area contributed by atoms with Crippen molar-refractivity contribution in [2.24, 2.45) is 11.8 Å². The Bertz CT molecular complexity index is 614. The van der Waals surface area contributed by atoms with E-state index in [2.05, 4.69) is 9.55 Å². The van der Waals surface area contributed by atoms with E-state index in [9.17, 15) is 9.59 Å². The van der Waals surface area contributed by atoms with Gasteiger partial charge in [0.15, 0.2) is 0 Å². The molecule has 3 heterocycles. The van der Waals surface area contributed by atoms with Crippen molar-refractivity contribution in [1.82, 2.24) is 14.5 Å². The van der Waals surface area contributed by atoms with Crippen LogP contribution in [0.4, 0.5) is 0 Å². The molecule has 1 aromatic rings. The van der Waals surface area contributed by atoms with Crippen LogP contribution in [0.5, 0.6) is 0 Å². The van der Waals surface area contributed by atoms with Gasteiger partial charge >= 0.3 is 5.97 Å². The summed E-state index contributed by atoms with van der Waals surface area (Å²) in [5.74, 6) is 0.290. The monoisotopic (exact) mass is 345 g/mol. The highest BCUT2D eigenvalue weighted by Crippen LogP contribution is 2.45. The number of aromatic nitrogens is 2. The van der Waals surface area contributed by atoms with Gasteiger partial charge in [-0.1, -0.05) is 6.42 Å². The molecule has 1 spiro atoms. The zero-order chi connectivity index (χ0) is 17.3. The van der Waals surface area contributed by atoms with E-state index >= 15 is 0 Å². The Balaban J connectivity index is 1.37. The molecule has 2 aliphatic heterocycles. The highest BCUT2D eigenvalue weighted by molar-refractivity contribution is 5.88. The lowest BCUT2D eigenvalue weighted by molar-refractivity contribution is -0.156. The normalized spacial score (nSPS) is 26.8. The fourth-order valence-corrected chi connectivity index (χ4v) is 4.85. The van der Waals surface area contributed by atoms with Crippen molar-refractivity contribution in [3.63, 3.8) is 0 Å². The van der Waals surface area contributed by atoms with Gasteiger partial charge in [0, 0.05) is 32.0 Å². The summed E-state index contributed by atoms with van der Waals surface area (Å²) in [4.78, 5) is 31.1. The van der Waals surface area contributed by atoms with Gasteiger partial charge in [-0.05, 0) is 44.4 Å². The first-order chi connectivity index (χ1) is 12.2. The highest BCUT2D eigenvalue weighted by atomic mass is 16.6. The smallest absolute Gasteiger partial charge is 0.307 e. The molecule has 3 aliphatic rings. The van der Waals surface area contributed by atoms with Gasteiger partial charge in [-0.2, -0.15) is 0 Å². The third-order valence-electron chi connectivity index (χ3n) is 6.28. The molecule has 6 nitrogen and oxygen atoms in total. The first-order valence-electron chi connectivity index (χ1n) is 9.63. The third-order valence-corrected chi connectivity index (χ3v) is 6.28. The second-order valence-corrected chi connectivity index (χ2v) is 7.88. The molecule has 1 amide bonds. The largest absolute Gasteiger partial charge is 0.458 e. The number of carbonyl (C=O) groups is 2. The minimum atomic E-state index is -0.500. The predicted molar refractivity (Wildman–Crippen MR) is 91.5 cm³/mol. The van der Waals surface area contributed by atoms with Crippen LogP contribution in [0.15, 0.2) is 18.7 Å². The van der Waals surface area contributed by atoms with E-state index in [1.807, 2.05) is 17.4 Å². The minimum Gasteiger partial charge on any atom is -0.458 e. The Morgan fingerprint density at radius 2 is 2.00 bits per heavy atom. The summed E-state index contributed by atoms with van der Waals surface area (Å²) in [7, 11) is 0. The predicted octanol–water partition coefficient (Wildman–Crippen LogP) is 2.39. The molecule has 1 saturated carbocycles. The Kier molecular flexibility index (Phi) is 4.52. The summed E-state index contributed by atoms with van der Waals surface area (Å²) in [6.45, 7) is 2.55. The number of likely N-dealkylation sites (tertiary alicyclic amines) is 1. The van der Waals surface area contributed by atoms with Crippen molar-refractivity contribution in [3.8, 4) is 0 Å². The van der Waals surface area contributed by atoms with Crippen LogP contribution >= 0.6 is 0 Å². The van der Waals surface area contributed by atoms with Crippen LogP contribution in [-0.4, -0.2) is 45.0 Å². The second-order valence-electron chi connectivity index (χ2n) is 7.88. The number of rotatable bonds is 3. The van der Waals surface area contributed by atoms with Crippen molar-refractivity contribution in [2.45, 2.75) is 63.5 Å². The zero-order valence-corrected chi connectivity index (χ0v) is 14.7. The lowest BCUT2D eigenvalue weighted by Gasteiger charge is -2.40. The summed E-state index contributed by atoms with van der Waals surface area (Å²) >= 11 is 0. The second kappa shape index (κ2) is 6.81. The molecule has 2 saturated heterocycles. The molecule has 0 radical (unpaired) electrons. The summed E-state index contributed by atoms with van der Waals surface area (Å²) in [6, 6.07) is 0. The zero-order valence-electron chi connectivity index (χ0n) is 14.7. The summed E-state index contributed by atoms with van der Waals surface area (Å²) in [6.07, 6.45) is 13.0. The molecule has 6 heteroatoms. The van der Waals surface area contributed by atoms with Crippen LogP contribution in [0.2, 0.25) is 0 Å². The number of nitrogens with zero attached hydrogens (tertiary/aromatic N) is 3. The van der Waals surface area contributed by atoms with E-state index < -0.39 is 5.60 Å². The fraction of sp³-hybridized carbons (Fsp3) is 0.737. The van der Waals surface area contributed by atoms with Gasteiger partial charge in [-0.3, -0.25) is 9.59 Å². The van der Waals surface area contributed by atoms with Crippen LogP contribution in [0.3, 0.4) is 0 Å². The lowest BCUT2D eigenvalue weighted by atomic mass is 9.75. The van der Waals surface area contributed by atoms with Crippen LogP contribution < -0.4 is 0 Å². The molecule has 25 heavy (non-hydrogen) atoms. The summed E-state index contributed by atoms with van der Waals surface area (Å²) < 4.78 is 7.82. The average molecular weight is 345 g/mol. The van der Waals surface area contributed by atoms with Gasteiger partial charge in [0.05, 0.1) is 18.7 Å². The van der Waals surface area contributed by atoms with Crippen molar-refractivity contribution in [3.05, 3.63) is 18.7 Å². The summed E-state index contributed by atoms with van der Waals surface area (Å²) in [5.41, 5.74) is -0.500. The maximum absolute atomic E-state index is 13.1. The molecule has 1 atom stereocenters. The molecule has 0 aromatic carbocycles. The van der Waals surface area contributed by atoms with Crippen LogP contribution in [0.25, 0.3) is 0 Å². The number of hydrogen-bond acceptors (Lipinski definition) is 4. The molecule has 4 rings (SSSR count). The molecule has 0 bridgehead atoms. The Hall–Kier alpha value is -1.85. The molecular weight excluding hydrogens is 318 g/mol. The number of piperidine rings is 1. The lowest BCUT2D eigenvalue weighted by Crippen LogP contribution is -2.49. The van der Waals surface area contributed by atoms with E-state index in [0.717, 1.165) is 58.2 Å². The van der Waals surface area contributed by atoms with Crippen LogP contribution in [0, 0.1) is 11.8 Å². The topological polar surface area (TPSA) is 64.4 Å². The molecule has 1 aromatic heterocycles. The van der Waals surface area contributed by atoms with E-state index in [1.54, 1.807) is 6.20 Å². The average Bonchev–Trinajstić information content (AvgIpc) is 3.24. The molecule has 3 fully saturated rings. The van der Waals surface area contributed by atoms with Crippen LogP contribution in [-0.2, 0) is 20.9 Å². The number of ether oxygens (including phenoxy) is 1. The number of amides is 1. The van der Waals surface area contributed by atoms with Gasteiger partial charge in [0.25, 0.3) is 0 Å². The number of esters is 1. The van der Waals surface area contributed by atoms with E-state index in [1.165, 1.54) is 6.42 Å². The molecular formula is C19H27N3O3. The fourth-order valence-electron chi connectivity index (χ4n) is 4.85. The quantitative estimate of drug-likeness (QED) is 0.789. The number of hydrogen-bond donors (Lipinski definition) is 0. The van der Waals surface area contributed by atoms with Crippen molar-refractivity contribution >= 4 is 11.9 Å². The Morgan fingerprint density at radius 3 is 2.68 bits per heavy atom. The van der Waals surface area contributed by atoms with E-state index in [0.29, 0.717) is 5.92 Å². The Morgan fingerprint density at radius 1 is 1.24 bits per heavy atom. The SMILES string of the molecule is O=C1C[C@H](C(=O)N2CCC(Cn3ccnc3)CC2)C2(CCCCC2)O1. The van der Waals surface area contributed by atoms with Crippen molar-refractivity contribution < 1.29 is 14.3 Å². The first kappa shape index (κ1) is 16.6. The van der Waals surface area contributed by atoms with E-state index in [-0.39, 0.29) is 24.2 Å². The van der Waals surface area contributed by atoms with Gasteiger partial charge in [-0.15, -0.1) is 0 Å². The maximum atomic E-state index is 13.1. The van der Waals surface area contributed by atoms with Crippen LogP contribution in [0.1, 0.15) is 51.4 Å². The summed E-state index contributed by atoms with van der Waals surface area (Å²) in [5, 5.41) is 0. The standard InChI is InChI=1S/C19H27N3O3/c23-17-12-16(19(25-17)6-2-1-3-7-19)18(24)22-9-4-15(5-10-22)13-21-11-8-20-14-21/h8,11,14-16H,1-7,9-10,12-13H2/t16-/m1/s1. The van der Waals surface area contributed by atoms with Gasteiger partial charge in [0.1, 0.15) is 5.60 Å². The van der Waals surface area contributed by atoms with Crippen molar-refractivity contribution in [1.29, 1.82) is 0 Å². The third kappa shape index (κ3) is 3.31. The van der Waals surface area contributed by atoms with Gasteiger partial charge in [0.2, 0.25) is 5.91 Å². The number of carbonyl (C=O) groups excluding carboxylic acids is 2. The van der Waals surface area contributed by atoms with E-state index in [4.69, 9.17) is 4.74 Å². The van der Waals surface area contributed by atoms with Crippen molar-refractivity contribution in [2.75, 3.05) is 13.1 Å². The highest BCUT2D eigenvalue weighted by Gasteiger charge is 2.53. The molecule has 0 unspecified atom stereocenters. The molecule has 1 aliphatic carbocycles. The van der Waals surface area contributed by atoms with Gasteiger partial charge in [-0.25, -0.2) is 4.98 Å².